The molecular weight excluding hydrogens is 482 g/mol. The Morgan fingerprint density at radius 2 is 1.13 bits per heavy atom. The molecular formula is C35H53NOS. The summed E-state index contributed by atoms with van der Waals surface area (Å²) in [5.74, 6) is 0.296. The Hall–Kier alpha value is -2.49. The maximum Gasteiger partial charge on any atom is 0.122 e. The first-order chi connectivity index (χ1) is 17.9. The van der Waals surface area contributed by atoms with Gasteiger partial charge in [0.2, 0.25) is 0 Å². The molecule has 0 amide bonds. The number of benzene rings is 2. The Bertz CT molecular complexity index is 1270. The van der Waals surface area contributed by atoms with Gasteiger partial charge in [0.05, 0.1) is 0 Å². The van der Waals surface area contributed by atoms with Crippen LogP contribution in [-0.4, -0.2) is 5.11 Å². The zero-order valence-corrected chi connectivity index (χ0v) is 27.7. The summed E-state index contributed by atoms with van der Waals surface area (Å²) in [6.07, 6.45) is 0. The van der Waals surface area contributed by atoms with Crippen molar-refractivity contribution < 1.29 is 5.11 Å². The molecule has 0 fully saturated rings. The summed E-state index contributed by atoms with van der Waals surface area (Å²) in [4.78, 5) is 1.09. The predicted molar refractivity (Wildman–Crippen MR) is 176 cm³/mol. The van der Waals surface area contributed by atoms with Gasteiger partial charge in [0, 0.05) is 4.90 Å². The molecule has 0 aromatic heterocycles. The molecule has 1 aliphatic rings. The molecule has 3 N–H and O–H groups in total. The number of aryl methyl sites for hydroxylation is 2. The van der Waals surface area contributed by atoms with Crippen LogP contribution < -0.4 is 5.14 Å². The standard InChI is InChI=1S/C29H35NOS.3C2H6/c1-13-12-14(2)24(16(4)15(13)3)21(9)28(31)22(10)25-19(7)26-17(5)18(6)29(32-30)23(11)27(26)20(25)8;3*1-2/h12,31H,7-8,30H2,1-6,9-11H3;3*1-2H3/b25-22-,28-21+;;;. The number of aliphatic hydroxyl groups is 1. The van der Waals surface area contributed by atoms with Gasteiger partial charge in [-0.15, -0.1) is 0 Å². The number of rotatable bonds is 3. The highest BCUT2D eigenvalue weighted by Gasteiger charge is 2.32. The van der Waals surface area contributed by atoms with Crippen LogP contribution in [0.4, 0.5) is 0 Å². The van der Waals surface area contributed by atoms with Gasteiger partial charge in [-0.1, -0.05) is 60.8 Å². The molecule has 2 aromatic carbocycles. The number of nitrogens with two attached hydrogens (primary N) is 1. The van der Waals surface area contributed by atoms with Crippen LogP contribution >= 0.6 is 11.9 Å². The summed E-state index contributed by atoms with van der Waals surface area (Å²) in [5, 5.41) is 17.4. The Morgan fingerprint density at radius 3 is 1.58 bits per heavy atom. The van der Waals surface area contributed by atoms with Crippen molar-refractivity contribution in [2.45, 2.75) is 109 Å². The van der Waals surface area contributed by atoms with Gasteiger partial charge in [0.25, 0.3) is 0 Å². The summed E-state index contributed by atoms with van der Waals surface area (Å²) in [6.45, 7) is 39.7. The molecule has 0 bridgehead atoms. The van der Waals surface area contributed by atoms with Crippen molar-refractivity contribution in [3.8, 4) is 0 Å². The second-order valence-electron chi connectivity index (χ2n) is 9.14. The van der Waals surface area contributed by atoms with E-state index in [9.17, 15) is 5.11 Å². The van der Waals surface area contributed by atoms with Crippen molar-refractivity contribution in [3.63, 3.8) is 0 Å². The predicted octanol–water partition coefficient (Wildman–Crippen LogP) is 11.2. The first kappa shape index (κ1) is 35.5. The molecule has 0 aliphatic heterocycles. The average Bonchev–Trinajstić information content (AvgIpc) is 3.18. The van der Waals surface area contributed by atoms with Crippen LogP contribution in [0.3, 0.4) is 0 Å². The van der Waals surface area contributed by atoms with E-state index in [0.717, 1.165) is 55.0 Å². The molecule has 0 saturated heterocycles. The van der Waals surface area contributed by atoms with Crippen molar-refractivity contribution >= 4 is 28.7 Å². The number of hydrogen-bond acceptors (Lipinski definition) is 3. The Morgan fingerprint density at radius 1 is 0.684 bits per heavy atom. The molecule has 3 heteroatoms. The van der Waals surface area contributed by atoms with Gasteiger partial charge >= 0.3 is 0 Å². The van der Waals surface area contributed by atoms with E-state index < -0.39 is 0 Å². The summed E-state index contributed by atoms with van der Waals surface area (Å²) >= 11 is 1.28. The van der Waals surface area contributed by atoms with Gasteiger partial charge in [-0.05, 0) is 158 Å². The first-order valence-corrected chi connectivity index (χ1v) is 14.8. The van der Waals surface area contributed by atoms with Crippen LogP contribution in [0.15, 0.2) is 41.0 Å². The van der Waals surface area contributed by atoms with Gasteiger partial charge in [0.15, 0.2) is 0 Å². The molecule has 0 unspecified atom stereocenters. The van der Waals surface area contributed by atoms with Crippen LogP contribution in [0.25, 0.3) is 16.7 Å². The van der Waals surface area contributed by atoms with Crippen molar-refractivity contribution in [1.29, 1.82) is 0 Å². The third kappa shape index (κ3) is 6.21. The third-order valence-corrected chi connectivity index (χ3v) is 8.23. The van der Waals surface area contributed by atoms with E-state index in [1.165, 1.54) is 45.3 Å². The SMILES string of the molecule is C=C1/C(=C(C)/C(O)=C(/C)c2c(C)cc(C)c(C)c2C)C(=C)c2c(C)c(SN)c(C)c(C)c21.CC.CC.CC. The molecule has 0 heterocycles. The van der Waals surface area contributed by atoms with Gasteiger partial charge in [-0.3, -0.25) is 5.14 Å². The fourth-order valence-electron chi connectivity index (χ4n) is 5.32. The van der Waals surface area contributed by atoms with Gasteiger partial charge in [-0.25, -0.2) is 0 Å². The van der Waals surface area contributed by atoms with E-state index in [4.69, 9.17) is 5.14 Å². The zero-order chi connectivity index (χ0) is 30.2. The molecule has 2 aromatic rings. The lowest BCUT2D eigenvalue weighted by Crippen LogP contribution is -2.01. The second-order valence-corrected chi connectivity index (χ2v) is 9.78. The van der Waals surface area contributed by atoms with Gasteiger partial charge in [0.1, 0.15) is 5.76 Å². The summed E-state index contributed by atoms with van der Waals surface area (Å²) in [6, 6.07) is 2.20. The van der Waals surface area contributed by atoms with Crippen LogP contribution in [0, 0.1) is 48.5 Å². The van der Waals surface area contributed by atoms with Gasteiger partial charge in [-0.2, -0.15) is 0 Å². The van der Waals surface area contributed by atoms with Crippen molar-refractivity contribution in [3.05, 3.63) is 91.8 Å². The minimum absolute atomic E-state index is 0.296. The number of fused-ring (bicyclic) bond motifs is 1. The minimum atomic E-state index is 0.296. The molecule has 2 nitrogen and oxygen atoms in total. The number of hydrogen-bond donors (Lipinski definition) is 2. The van der Waals surface area contributed by atoms with Crippen LogP contribution in [0.5, 0.6) is 0 Å². The Kier molecular flexibility index (Phi) is 14.2. The fraction of sp³-hybridized carbons (Fsp3) is 0.429. The van der Waals surface area contributed by atoms with Crippen LogP contribution in [0.2, 0.25) is 0 Å². The van der Waals surface area contributed by atoms with Crippen molar-refractivity contribution in [2.75, 3.05) is 0 Å². The molecule has 0 radical (unpaired) electrons. The maximum absolute atomic E-state index is 11.4. The molecule has 1 aliphatic carbocycles. The summed E-state index contributed by atoms with van der Waals surface area (Å²) < 4.78 is 0. The molecule has 0 saturated carbocycles. The van der Waals surface area contributed by atoms with E-state index in [2.05, 4.69) is 67.7 Å². The highest BCUT2D eigenvalue weighted by Crippen LogP contribution is 2.51. The normalized spacial score (nSPS) is 13.8. The lowest BCUT2D eigenvalue weighted by atomic mass is 9.88. The summed E-state index contributed by atoms with van der Waals surface area (Å²) in [7, 11) is 0. The lowest BCUT2D eigenvalue weighted by molar-refractivity contribution is 0.425. The van der Waals surface area contributed by atoms with Gasteiger partial charge < -0.3 is 5.11 Å². The fourth-order valence-corrected chi connectivity index (χ4v) is 5.93. The Balaban J connectivity index is 0.00000213. The highest BCUT2D eigenvalue weighted by atomic mass is 32.2. The molecule has 0 spiro atoms. The van der Waals surface area contributed by atoms with Crippen molar-refractivity contribution in [2.24, 2.45) is 5.14 Å². The second kappa shape index (κ2) is 15.2. The lowest BCUT2D eigenvalue weighted by Gasteiger charge is -2.18. The van der Waals surface area contributed by atoms with E-state index in [1.54, 1.807) is 0 Å². The number of aliphatic hydroxyl groups excluding tert-OH is 1. The van der Waals surface area contributed by atoms with E-state index in [-0.39, 0.29) is 0 Å². The monoisotopic (exact) mass is 535 g/mol. The topological polar surface area (TPSA) is 46.2 Å². The zero-order valence-electron chi connectivity index (χ0n) is 26.9. The molecule has 3 rings (SSSR count). The van der Waals surface area contributed by atoms with Crippen molar-refractivity contribution in [1.82, 2.24) is 0 Å². The molecule has 210 valence electrons. The molecule has 0 atom stereocenters. The summed E-state index contributed by atoms with van der Waals surface area (Å²) in [5.41, 5.74) is 16.2. The minimum Gasteiger partial charge on any atom is -0.507 e. The maximum atomic E-state index is 11.4. The smallest absolute Gasteiger partial charge is 0.122 e. The molecule has 38 heavy (non-hydrogen) atoms. The van der Waals surface area contributed by atoms with E-state index >= 15 is 0 Å². The van der Waals surface area contributed by atoms with E-state index in [0.29, 0.717) is 5.76 Å². The van der Waals surface area contributed by atoms with Crippen LogP contribution in [-0.2, 0) is 0 Å². The first-order valence-electron chi connectivity index (χ1n) is 13.9. The van der Waals surface area contributed by atoms with Crippen LogP contribution in [0.1, 0.15) is 111 Å². The Labute approximate surface area is 239 Å². The quantitative estimate of drug-likeness (QED) is 0.303. The largest absolute Gasteiger partial charge is 0.507 e. The van der Waals surface area contributed by atoms with E-state index in [1.807, 2.05) is 55.4 Å². The average molecular weight is 536 g/mol. The number of allylic oxidation sites excluding steroid dienone is 5. The third-order valence-electron chi connectivity index (χ3n) is 7.39. The highest BCUT2D eigenvalue weighted by molar-refractivity contribution is 7.97.